The molecule has 0 radical (unpaired) electrons. The van der Waals surface area contributed by atoms with Gasteiger partial charge in [-0.1, -0.05) is 25.2 Å². The standard InChI is InChI=1S/C20H24N2/c1-13-5-7-17-11-18(22-20(17)9-6-13)8-10-19-16(4)15(3)14(2)12-21-19/h5-7,9,11-13,22H,8,10H2,1-4H3. The first-order valence-corrected chi connectivity index (χ1v) is 8.04. The fourth-order valence-corrected chi connectivity index (χ4v) is 2.91. The summed E-state index contributed by atoms with van der Waals surface area (Å²) < 4.78 is 0. The Labute approximate surface area is 133 Å². The number of hydrogen-bond acceptors (Lipinski definition) is 1. The van der Waals surface area contributed by atoms with E-state index < -0.39 is 0 Å². The Morgan fingerprint density at radius 2 is 1.82 bits per heavy atom. The highest BCUT2D eigenvalue weighted by Gasteiger charge is 2.09. The molecule has 0 saturated carbocycles. The number of nitrogens with zero attached hydrogens (tertiary/aromatic N) is 1. The quantitative estimate of drug-likeness (QED) is 0.865. The lowest BCUT2D eigenvalue weighted by molar-refractivity contribution is 0.869. The normalized spacial score (nSPS) is 16.6. The summed E-state index contributed by atoms with van der Waals surface area (Å²) in [6.07, 6.45) is 12.9. The van der Waals surface area contributed by atoms with E-state index in [1.165, 1.54) is 39.3 Å². The maximum Gasteiger partial charge on any atom is 0.0452 e. The van der Waals surface area contributed by atoms with Gasteiger partial charge < -0.3 is 4.98 Å². The van der Waals surface area contributed by atoms with Crippen molar-refractivity contribution in [2.45, 2.75) is 40.5 Å². The number of H-pyrrole nitrogens is 1. The molecule has 2 nitrogen and oxygen atoms in total. The van der Waals surface area contributed by atoms with Gasteiger partial charge >= 0.3 is 0 Å². The minimum Gasteiger partial charge on any atom is -0.358 e. The van der Waals surface area contributed by atoms with Crippen LogP contribution in [-0.4, -0.2) is 9.97 Å². The second-order valence-electron chi connectivity index (χ2n) is 6.38. The fraction of sp³-hybridized carbons (Fsp3) is 0.350. The van der Waals surface area contributed by atoms with Gasteiger partial charge in [0.2, 0.25) is 0 Å². The summed E-state index contributed by atoms with van der Waals surface area (Å²) >= 11 is 0. The zero-order valence-electron chi connectivity index (χ0n) is 13.9. The van der Waals surface area contributed by atoms with Gasteiger partial charge in [0.1, 0.15) is 0 Å². The summed E-state index contributed by atoms with van der Waals surface area (Å²) in [5.74, 6) is 0.506. The first kappa shape index (κ1) is 14.8. The molecule has 0 saturated heterocycles. The molecule has 22 heavy (non-hydrogen) atoms. The van der Waals surface area contributed by atoms with E-state index in [0.29, 0.717) is 5.92 Å². The highest BCUT2D eigenvalue weighted by molar-refractivity contribution is 5.66. The van der Waals surface area contributed by atoms with Crippen molar-refractivity contribution in [2.24, 2.45) is 5.92 Å². The van der Waals surface area contributed by atoms with Crippen LogP contribution in [0.2, 0.25) is 0 Å². The van der Waals surface area contributed by atoms with E-state index in [4.69, 9.17) is 0 Å². The Balaban J connectivity index is 1.76. The van der Waals surface area contributed by atoms with Crippen LogP contribution in [0.4, 0.5) is 0 Å². The molecule has 1 aliphatic carbocycles. The number of nitrogens with one attached hydrogen (secondary N) is 1. The molecule has 3 rings (SSSR count). The van der Waals surface area contributed by atoms with Crippen LogP contribution in [0.25, 0.3) is 12.2 Å². The summed E-state index contributed by atoms with van der Waals surface area (Å²) in [6, 6.07) is 2.27. The SMILES string of the molecule is Cc1cnc(CCc2cc3c([nH]2)C=CC(C)C=C3)c(C)c1C. The molecule has 0 amide bonds. The molecule has 2 aromatic rings. The summed E-state index contributed by atoms with van der Waals surface area (Å²) in [4.78, 5) is 8.16. The Kier molecular flexibility index (Phi) is 4.02. The van der Waals surface area contributed by atoms with Gasteiger partial charge in [0.15, 0.2) is 0 Å². The predicted octanol–water partition coefficient (Wildman–Crippen LogP) is 4.80. The number of aromatic amines is 1. The van der Waals surface area contributed by atoms with Crippen LogP contribution in [0, 0.1) is 26.7 Å². The van der Waals surface area contributed by atoms with Gasteiger partial charge in [-0.2, -0.15) is 0 Å². The van der Waals surface area contributed by atoms with Crippen molar-refractivity contribution in [3.63, 3.8) is 0 Å². The zero-order chi connectivity index (χ0) is 15.7. The minimum atomic E-state index is 0.506. The van der Waals surface area contributed by atoms with Crippen LogP contribution < -0.4 is 0 Å². The number of hydrogen-bond donors (Lipinski definition) is 1. The molecule has 1 unspecified atom stereocenters. The average Bonchev–Trinajstić information content (AvgIpc) is 2.82. The fourth-order valence-electron chi connectivity index (χ4n) is 2.91. The van der Waals surface area contributed by atoms with Gasteiger partial charge in [-0.3, -0.25) is 4.98 Å². The summed E-state index contributed by atoms with van der Waals surface area (Å²) in [7, 11) is 0. The van der Waals surface area contributed by atoms with Crippen molar-refractivity contribution in [3.05, 3.63) is 63.8 Å². The molecular formula is C20H24N2. The van der Waals surface area contributed by atoms with E-state index >= 15 is 0 Å². The van der Waals surface area contributed by atoms with Gasteiger partial charge in [0, 0.05) is 23.3 Å². The number of aryl methyl sites for hydroxylation is 3. The topological polar surface area (TPSA) is 28.7 Å². The van der Waals surface area contributed by atoms with Crippen molar-refractivity contribution >= 4 is 12.2 Å². The molecule has 1 N–H and O–H groups in total. The van der Waals surface area contributed by atoms with Gasteiger partial charge in [-0.25, -0.2) is 0 Å². The lowest BCUT2D eigenvalue weighted by Crippen LogP contribution is -2.01. The maximum atomic E-state index is 4.62. The minimum absolute atomic E-state index is 0.506. The van der Waals surface area contributed by atoms with Gasteiger partial charge in [-0.05, 0) is 73.9 Å². The third-order valence-corrected chi connectivity index (χ3v) is 4.71. The Bertz CT molecular complexity index is 716. The molecule has 2 aromatic heterocycles. The third kappa shape index (κ3) is 2.92. The monoisotopic (exact) mass is 292 g/mol. The van der Waals surface area contributed by atoms with Gasteiger partial charge in [0.05, 0.1) is 0 Å². The molecule has 0 bridgehead atoms. The molecule has 0 spiro atoms. The third-order valence-electron chi connectivity index (χ3n) is 4.71. The molecule has 1 aliphatic rings. The predicted molar refractivity (Wildman–Crippen MR) is 93.9 cm³/mol. The smallest absolute Gasteiger partial charge is 0.0452 e. The van der Waals surface area contributed by atoms with Crippen molar-refractivity contribution in [1.82, 2.24) is 9.97 Å². The second kappa shape index (κ2) is 5.96. The van der Waals surface area contributed by atoms with Crippen LogP contribution in [0.1, 0.15) is 46.3 Å². The van der Waals surface area contributed by atoms with Gasteiger partial charge in [-0.15, -0.1) is 0 Å². The van der Waals surface area contributed by atoms with Crippen LogP contribution in [0.15, 0.2) is 24.4 Å². The van der Waals surface area contributed by atoms with Crippen molar-refractivity contribution in [1.29, 1.82) is 0 Å². The Hall–Kier alpha value is -2.09. The molecule has 0 fully saturated rings. The number of aromatic nitrogens is 2. The largest absolute Gasteiger partial charge is 0.358 e. The Morgan fingerprint density at radius 3 is 2.64 bits per heavy atom. The van der Waals surface area contributed by atoms with E-state index in [1.54, 1.807) is 0 Å². The summed E-state index contributed by atoms with van der Waals surface area (Å²) in [6.45, 7) is 8.69. The first-order chi connectivity index (χ1) is 10.5. The summed E-state index contributed by atoms with van der Waals surface area (Å²) in [5, 5.41) is 0. The van der Waals surface area contributed by atoms with E-state index in [0.717, 1.165) is 12.8 Å². The zero-order valence-corrected chi connectivity index (χ0v) is 13.9. The molecule has 0 aromatic carbocycles. The molecule has 2 heterocycles. The first-order valence-electron chi connectivity index (χ1n) is 8.04. The number of fused-ring (bicyclic) bond motifs is 1. The van der Waals surface area contributed by atoms with E-state index in [1.807, 2.05) is 6.20 Å². The second-order valence-corrected chi connectivity index (χ2v) is 6.38. The van der Waals surface area contributed by atoms with Crippen molar-refractivity contribution < 1.29 is 0 Å². The number of rotatable bonds is 3. The van der Waals surface area contributed by atoms with Crippen molar-refractivity contribution in [3.8, 4) is 0 Å². The average molecular weight is 292 g/mol. The molecule has 1 atom stereocenters. The number of pyridine rings is 1. The van der Waals surface area contributed by atoms with Crippen LogP contribution >= 0.6 is 0 Å². The van der Waals surface area contributed by atoms with Crippen molar-refractivity contribution in [2.75, 3.05) is 0 Å². The molecule has 0 aliphatic heterocycles. The lowest BCUT2D eigenvalue weighted by atomic mass is 10.0. The Morgan fingerprint density at radius 1 is 1.05 bits per heavy atom. The van der Waals surface area contributed by atoms with Crippen LogP contribution in [0.3, 0.4) is 0 Å². The van der Waals surface area contributed by atoms with Gasteiger partial charge in [0.25, 0.3) is 0 Å². The molecular weight excluding hydrogens is 268 g/mol. The molecule has 2 heteroatoms. The highest BCUT2D eigenvalue weighted by atomic mass is 14.7. The maximum absolute atomic E-state index is 4.62. The highest BCUT2D eigenvalue weighted by Crippen LogP contribution is 2.22. The van der Waals surface area contributed by atoms with Crippen LogP contribution in [-0.2, 0) is 12.8 Å². The van der Waals surface area contributed by atoms with Crippen LogP contribution in [0.5, 0.6) is 0 Å². The summed E-state index contributed by atoms with van der Waals surface area (Å²) in [5.41, 5.74) is 8.99. The van der Waals surface area contributed by atoms with E-state index in [2.05, 4.69) is 68.0 Å². The molecule has 114 valence electrons. The van der Waals surface area contributed by atoms with E-state index in [9.17, 15) is 0 Å². The number of allylic oxidation sites excluding steroid dienone is 2. The van der Waals surface area contributed by atoms with E-state index in [-0.39, 0.29) is 0 Å². The lowest BCUT2D eigenvalue weighted by Gasteiger charge is -2.09.